The quantitative estimate of drug-likeness (QED) is 0.827. The Morgan fingerprint density at radius 1 is 1.20 bits per heavy atom. The van der Waals surface area contributed by atoms with Gasteiger partial charge < -0.3 is 14.8 Å². The summed E-state index contributed by atoms with van der Waals surface area (Å²) in [5.74, 6) is 0.473. The SMILES string of the molecule is COc1ccc(Br)c(C(=O)Nc2ccc(CN3CCOCC3)cc2)c1. The molecular formula is C19H21BrN2O3. The van der Waals surface area contributed by atoms with Gasteiger partial charge in [-0.1, -0.05) is 12.1 Å². The lowest BCUT2D eigenvalue weighted by molar-refractivity contribution is 0.0342. The average Bonchev–Trinajstić information content (AvgIpc) is 2.64. The minimum atomic E-state index is -0.174. The fourth-order valence-corrected chi connectivity index (χ4v) is 3.14. The number of hydrogen-bond acceptors (Lipinski definition) is 4. The Bertz CT molecular complexity index is 728. The molecule has 3 rings (SSSR count). The van der Waals surface area contributed by atoms with Gasteiger partial charge in [0, 0.05) is 29.8 Å². The highest BCUT2D eigenvalue weighted by Crippen LogP contribution is 2.23. The molecule has 0 atom stereocenters. The Hall–Kier alpha value is -1.89. The van der Waals surface area contributed by atoms with Gasteiger partial charge in [-0.3, -0.25) is 9.69 Å². The van der Waals surface area contributed by atoms with E-state index in [4.69, 9.17) is 9.47 Å². The van der Waals surface area contributed by atoms with Crippen LogP contribution in [-0.4, -0.2) is 44.2 Å². The highest BCUT2D eigenvalue weighted by molar-refractivity contribution is 9.10. The molecule has 0 unspecified atom stereocenters. The van der Waals surface area contributed by atoms with Crippen LogP contribution in [0.5, 0.6) is 5.75 Å². The fraction of sp³-hybridized carbons (Fsp3) is 0.316. The van der Waals surface area contributed by atoms with E-state index in [9.17, 15) is 4.79 Å². The van der Waals surface area contributed by atoms with Gasteiger partial charge in [0.25, 0.3) is 5.91 Å². The number of anilines is 1. The molecule has 25 heavy (non-hydrogen) atoms. The van der Waals surface area contributed by atoms with E-state index in [2.05, 4.69) is 26.1 Å². The minimum absolute atomic E-state index is 0.174. The molecule has 1 heterocycles. The van der Waals surface area contributed by atoms with Gasteiger partial charge in [-0.15, -0.1) is 0 Å². The summed E-state index contributed by atoms with van der Waals surface area (Å²) in [5, 5.41) is 2.92. The number of amides is 1. The van der Waals surface area contributed by atoms with Gasteiger partial charge >= 0.3 is 0 Å². The average molecular weight is 405 g/mol. The Morgan fingerprint density at radius 3 is 2.60 bits per heavy atom. The van der Waals surface area contributed by atoms with Crippen molar-refractivity contribution in [1.82, 2.24) is 4.90 Å². The van der Waals surface area contributed by atoms with Crippen LogP contribution in [0.2, 0.25) is 0 Å². The van der Waals surface area contributed by atoms with Crippen LogP contribution in [0.4, 0.5) is 5.69 Å². The topological polar surface area (TPSA) is 50.8 Å². The maximum atomic E-state index is 12.5. The molecule has 5 nitrogen and oxygen atoms in total. The van der Waals surface area contributed by atoms with E-state index in [1.165, 1.54) is 5.56 Å². The van der Waals surface area contributed by atoms with Gasteiger partial charge in [-0.2, -0.15) is 0 Å². The minimum Gasteiger partial charge on any atom is -0.497 e. The number of ether oxygens (including phenoxy) is 2. The molecule has 2 aromatic rings. The fourth-order valence-electron chi connectivity index (χ4n) is 2.71. The molecule has 0 saturated carbocycles. The van der Waals surface area contributed by atoms with Crippen LogP contribution < -0.4 is 10.1 Å². The summed E-state index contributed by atoms with van der Waals surface area (Å²) in [4.78, 5) is 14.9. The number of benzene rings is 2. The molecule has 1 aliphatic rings. The number of nitrogens with one attached hydrogen (secondary N) is 1. The summed E-state index contributed by atoms with van der Waals surface area (Å²) in [7, 11) is 1.58. The summed E-state index contributed by atoms with van der Waals surface area (Å²) in [5.41, 5.74) is 2.53. The first-order chi connectivity index (χ1) is 12.2. The first-order valence-corrected chi connectivity index (χ1v) is 8.99. The molecule has 2 aromatic carbocycles. The van der Waals surface area contributed by atoms with Crippen molar-refractivity contribution in [2.75, 3.05) is 38.7 Å². The number of nitrogens with zero attached hydrogens (tertiary/aromatic N) is 1. The monoisotopic (exact) mass is 404 g/mol. The highest BCUT2D eigenvalue weighted by atomic mass is 79.9. The van der Waals surface area contributed by atoms with Crippen LogP contribution in [0.1, 0.15) is 15.9 Å². The standard InChI is InChI=1S/C19H21BrN2O3/c1-24-16-6-7-18(20)17(12-16)19(23)21-15-4-2-14(3-5-15)13-22-8-10-25-11-9-22/h2-7,12H,8-11,13H2,1H3,(H,21,23). The van der Waals surface area contributed by atoms with Crippen LogP contribution in [-0.2, 0) is 11.3 Å². The molecule has 1 aliphatic heterocycles. The Kier molecular flexibility index (Phi) is 6.07. The van der Waals surface area contributed by atoms with E-state index in [0.717, 1.165) is 43.0 Å². The number of morpholine rings is 1. The van der Waals surface area contributed by atoms with Crippen molar-refractivity contribution in [1.29, 1.82) is 0 Å². The normalized spacial score (nSPS) is 15.0. The number of rotatable bonds is 5. The zero-order valence-electron chi connectivity index (χ0n) is 14.1. The van der Waals surface area contributed by atoms with Gasteiger partial charge in [0.15, 0.2) is 0 Å². The van der Waals surface area contributed by atoms with E-state index in [0.29, 0.717) is 11.3 Å². The van der Waals surface area contributed by atoms with Gasteiger partial charge in [0.05, 0.1) is 25.9 Å². The molecule has 1 amide bonds. The van der Waals surface area contributed by atoms with E-state index in [1.807, 2.05) is 24.3 Å². The number of halogens is 1. The third-order valence-electron chi connectivity index (χ3n) is 4.14. The van der Waals surface area contributed by atoms with Crippen LogP contribution in [0.15, 0.2) is 46.9 Å². The molecule has 1 fully saturated rings. The third-order valence-corrected chi connectivity index (χ3v) is 4.83. The van der Waals surface area contributed by atoms with Crippen molar-refractivity contribution in [3.05, 3.63) is 58.1 Å². The zero-order valence-corrected chi connectivity index (χ0v) is 15.7. The molecule has 0 bridgehead atoms. The molecule has 0 radical (unpaired) electrons. The lowest BCUT2D eigenvalue weighted by Crippen LogP contribution is -2.35. The molecule has 1 saturated heterocycles. The first kappa shape index (κ1) is 17.9. The van der Waals surface area contributed by atoms with E-state index in [1.54, 1.807) is 25.3 Å². The predicted octanol–water partition coefficient (Wildman–Crippen LogP) is 3.54. The Balaban J connectivity index is 1.63. The van der Waals surface area contributed by atoms with Crippen molar-refractivity contribution in [3.8, 4) is 5.75 Å². The number of methoxy groups -OCH3 is 1. The second kappa shape index (κ2) is 8.47. The maximum Gasteiger partial charge on any atom is 0.256 e. The zero-order chi connectivity index (χ0) is 17.6. The second-order valence-corrected chi connectivity index (χ2v) is 6.74. The molecule has 0 spiro atoms. The van der Waals surface area contributed by atoms with Crippen LogP contribution in [0, 0.1) is 0 Å². The van der Waals surface area contributed by atoms with E-state index in [-0.39, 0.29) is 5.91 Å². The van der Waals surface area contributed by atoms with Crippen molar-refractivity contribution in [2.24, 2.45) is 0 Å². The molecule has 6 heteroatoms. The summed E-state index contributed by atoms with van der Waals surface area (Å²) < 4.78 is 11.3. The molecular weight excluding hydrogens is 384 g/mol. The van der Waals surface area contributed by atoms with Gasteiger partial charge in [0.1, 0.15) is 5.75 Å². The Labute approximate surface area is 156 Å². The molecule has 1 N–H and O–H groups in total. The lowest BCUT2D eigenvalue weighted by atomic mass is 10.1. The summed E-state index contributed by atoms with van der Waals surface area (Å²) in [6.45, 7) is 4.41. The number of hydrogen-bond donors (Lipinski definition) is 1. The third kappa shape index (κ3) is 4.81. The van der Waals surface area contributed by atoms with Gasteiger partial charge in [-0.05, 0) is 51.8 Å². The highest BCUT2D eigenvalue weighted by Gasteiger charge is 2.13. The van der Waals surface area contributed by atoms with Crippen molar-refractivity contribution < 1.29 is 14.3 Å². The molecule has 132 valence electrons. The van der Waals surface area contributed by atoms with Crippen LogP contribution in [0.3, 0.4) is 0 Å². The summed E-state index contributed by atoms with van der Waals surface area (Å²) in [6.07, 6.45) is 0. The Morgan fingerprint density at radius 2 is 1.92 bits per heavy atom. The second-order valence-electron chi connectivity index (χ2n) is 5.89. The van der Waals surface area contributed by atoms with Gasteiger partial charge in [-0.25, -0.2) is 0 Å². The smallest absolute Gasteiger partial charge is 0.256 e. The van der Waals surface area contributed by atoms with E-state index < -0.39 is 0 Å². The van der Waals surface area contributed by atoms with Crippen molar-refractivity contribution >= 4 is 27.5 Å². The van der Waals surface area contributed by atoms with Crippen LogP contribution in [0.25, 0.3) is 0 Å². The first-order valence-electron chi connectivity index (χ1n) is 8.19. The van der Waals surface area contributed by atoms with Crippen LogP contribution >= 0.6 is 15.9 Å². The summed E-state index contributed by atoms with van der Waals surface area (Å²) >= 11 is 3.41. The van der Waals surface area contributed by atoms with Crippen molar-refractivity contribution in [2.45, 2.75) is 6.54 Å². The maximum absolute atomic E-state index is 12.5. The number of carbonyl (C=O) groups excluding carboxylic acids is 1. The van der Waals surface area contributed by atoms with Crippen molar-refractivity contribution in [3.63, 3.8) is 0 Å². The van der Waals surface area contributed by atoms with E-state index >= 15 is 0 Å². The number of carbonyl (C=O) groups is 1. The summed E-state index contributed by atoms with van der Waals surface area (Å²) in [6, 6.07) is 13.3. The lowest BCUT2D eigenvalue weighted by Gasteiger charge is -2.26. The largest absolute Gasteiger partial charge is 0.497 e. The predicted molar refractivity (Wildman–Crippen MR) is 101 cm³/mol. The molecule has 0 aromatic heterocycles. The van der Waals surface area contributed by atoms with Gasteiger partial charge in [0.2, 0.25) is 0 Å². The molecule has 0 aliphatic carbocycles.